The lowest BCUT2D eigenvalue weighted by atomic mass is 10.2. The fourth-order valence-corrected chi connectivity index (χ4v) is 3.83. The van der Waals surface area contributed by atoms with Gasteiger partial charge in [0.05, 0.1) is 17.0 Å². The van der Waals surface area contributed by atoms with Crippen molar-refractivity contribution in [3.63, 3.8) is 0 Å². The summed E-state index contributed by atoms with van der Waals surface area (Å²) in [5, 5.41) is 0. The monoisotopic (exact) mass is 330 g/mol. The van der Waals surface area contributed by atoms with E-state index in [0.29, 0.717) is 5.75 Å². The maximum absolute atomic E-state index is 13.9. The summed E-state index contributed by atoms with van der Waals surface area (Å²) in [6.07, 6.45) is 1.90. The molecule has 0 bridgehead atoms. The molecule has 2 N–H and O–H groups in total. The van der Waals surface area contributed by atoms with Crippen LogP contribution in [0.5, 0.6) is 0 Å². The number of hydrogen-bond acceptors (Lipinski definition) is 4. The summed E-state index contributed by atoms with van der Waals surface area (Å²) >= 11 is 1.55. The predicted molar refractivity (Wildman–Crippen MR) is 85.1 cm³/mol. The molecule has 0 radical (unpaired) electrons. The van der Waals surface area contributed by atoms with Crippen LogP contribution in [0.4, 0.5) is 4.39 Å². The van der Waals surface area contributed by atoms with E-state index in [4.69, 9.17) is 5.73 Å². The maximum Gasteiger partial charge on any atom is 0.243 e. The van der Waals surface area contributed by atoms with Crippen molar-refractivity contribution in [1.29, 1.82) is 0 Å². The predicted octanol–water partition coefficient (Wildman–Crippen LogP) is 1.51. The van der Waals surface area contributed by atoms with Crippen LogP contribution in [0.25, 0.3) is 0 Å². The molecule has 1 atom stereocenters. The fraction of sp³-hybridized carbons (Fsp3) is 0.429. The van der Waals surface area contributed by atoms with E-state index in [-0.39, 0.29) is 23.0 Å². The number of nitrogens with two attached hydrogens (primary N) is 1. The third-order valence-corrected chi connectivity index (χ3v) is 5.75. The van der Waals surface area contributed by atoms with Crippen molar-refractivity contribution < 1.29 is 12.8 Å². The highest BCUT2D eigenvalue weighted by Crippen LogP contribution is 2.20. The Hall–Kier alpha value is -1.07. The second-order valence-corrected chi connectivity index (χ2v) is 7.38. The van der Waals surface area contributed by atoms with E-state index in [1.54, 1.807) is 11.8 Å². The van der Waals surface area contributed by atoms with Crippen LogP contribution >= 0.6 is 11.8 Å². The molecule has 0 saturated heterocycles. The first-order chi connectivity index (χ1) is 9.84. The van der Waals surface area contributed by atoms with Crippen LogP contribution in [0, 0.1) is 17.7 Å². The molecular weight excluding hydrogens is 311 g/mol. The molecule has 1 aromatic carbocycles. The van der Waals surface area contributed by atoms with Gasteiger partial charge in [-0.1, -0.05) is 11.8 Å². The summed E-state index contributed by atoms with van der Waals surface area (Å²) in [6.45, 7) is 1.93. The quantitative estimate of drug-likeness (QED) is 0.831. The van der Waals surface area contributed by atoms with Crippen molar-refractivity contribution in [3.8, 4) is 11.8 Å². The van der Waals surface area contributed by atoms with Crippen LogP contribution in [0.3, 0.4) is 0 Å². The van der Waals surface area contributed by atoms with Gasteiger partial charge >= 0.3 is 0 Å². The number of hydrogen-bond donors (Lipinski definition) is 1. The van der Waals surface area contributed by atoms with Crippen molar-refractivity contribution in [2.24, 2.45) is 5.73 Å². The highest BCUT2D eigenvalue weighted by atomic mass is 32.2. The average Bonchev–Trinajstić information content (AvgIpc) is 2.45. The molecule has 1 rings (SSSR count). The van der Waals surface area contributed by atoms with Gasteiger partial charge in [-0.05, 0) is 31.4 Å². The largest absolute Gasteiger partial charge is 0.320 e. The highest BCUT2D eigenvalue weighted by Gasteiger charge is 2.25. The number of nitrogens with zero attached hydrogens (tertiary/aromatic N) is 1. The minimum Gasteiger partial charge on any atom is -0.320 e. The molecule has 0 aliphatic heterocycles. The van der Waals surface area contributed by atoms with E-state index >= 15 is 0 Å². The summed E-state index contributed by atoms with van der Waals surface area (Å²) < 4.78 is 40.0. The van der Waals surface area contributed by atoms with E-state index < -0.39 is 15.8 Å². The second-order valence-electron chi connectivity index (χ2n) is 4.47. The third-order valence-electron chi connectivity index (χ3n) is 2.97. The van der Waals surface area contributed by atoms with Crippen LogP contribution in [0.1, 0.15) is 12.5 Å². The Morgan fingerprint density at radius 3 is 2.67 bits per heavy atom. The standard InChI is InChI=1S/C14H19FN2O2S2/c1-11(10-20-3)17(2)21(18,19)13-7-6-12(5-4-8-16)14(15)9-13/h6-7,9,11H,8,10,16H2,1-3H3. The van der Waals surface area contributed by atoms with Gasteiger partial charge in [0.25, 0.3) is 0 Å². The van der Waals surface area contributed by atoms with E-state index in [1.807, 2.05) is 13.2 Å². The molecule has 21 heavy (non-hydrogen) atoms. The zero-order chi connectivity index (χ0) is 16.0. The highest BCUT2D eigenvalue weighted by molar-refractivity contribution is 7.98. The van der Waals surface area contributed by atoms with Gasteiger partial charge in [-0.25, -0.2) is 12.8 Å². The van der Waals surface area contributed by atoms with Crippen molar-refractivity contribution >= 4 is 21.8 Å². The molecule has 7 heteroatoms. The van der Waals surface area contributed by atoms with Crippen molar-refractivity contribution in [1.82, 2.24) is 4.31 Å². The van der Waals surface area contributed by atoms with E-state index in [9.17, 15) is 12.8 Å². The first-order valence-electron chi connectivity index (χ1n) is 6.30. The summed E-state index contributed by atoms with van der Waals surface area (Å²) in [5.74, 6) is 5.10. The van der Waals surface area contributed by atoms with E-state index in [2.05, 4.69) is 11.8 Å². The number of thioether (sulfide) groups is 1. The summed E-state index contributed by atoms with van der Waals surface area (Å²) in [7, 11) is -2.22. The molecule has 0 heterocycles. The lowest BCUT2D eigenvalue weighted by Gasteiger charge is -2.23. The lowest BCUT2D eigenvalue weighted by molar-refractivity contribution is 0.414. The SMILES string of the molecule is CSCC(C)N(C)S(=O)(=O)c1ccc(C#CCN)c(F)c1. The van der Waals surface area contributed by atoms with Gasteiger partial charge in [-0.3, -0.25) is 0 Å². The van der Waals surface area contributed by atoms with Gasteiger partial charge in [-0.15, -0.1) is 0 Å². The maximum atomic E-state index is 13.9. The Labute approximate surface area is 129 Å². The number of rotatable bonds is 5. The smallest absolute Gasteiger partial charge is 0.243 e. The Bertz CT molecular complexity index is 651. The Balaban J connectivity index is 3.12. The zero-order valence-electron chi connectivity index (χ0n) is 12.3. The number of benzene rings is 1. The topological polar surface area (TPSA) is 63.4 Å². The van der Waals surface area contributed by atoms with Crippen LogP contribution in [0.2, 0.25) is 0 Å². The van der Waals surface area contributed by atoms with Crippen LogP contribution in [-0.2, 0) is 10.0 Å². The molecule has 0 amide bonds. The van der Waals surface area contributed by atoms with Crippen LogP contribution in [0.15, 0.2) is 23.1 Å². The fourth-order valence-electron chi connectivity index (χ4n) is 1.65. The molecule has 0 spiro atoms. The molecule has 1 aromatic rings. The van der Waals surface area contributed by atoms with Crippen molar-refractivity contribution in [2.75, 3.05) is 25.6 Å². The van der Waals surface area contributed by atoms with Gasteiger partial charge in [0.1, 0.15) is 5.82 Å². The van der Waals surface area contributed by atoms with Crippen molar-refractivity contribution in [2.45, 2.75) is 17.9 Å². The van der Waals surface area contributed by atoms with Gasteiger partial charge in [-0.2, -0.15) is 16.1 Å². The van der Waals surface area contributed by atoms with Gasteiger partial charge in [0.15, 0.2) is 0 Å². The molecular formula is C14H19FN2O2S2. The number of halogens is 1. The molecule has 0 aliphatic carbocycles. The molecule has 116 valence electrons. The molecule has 0 aliphatic rings. The van der Waals surface area contributed by atoms with Gasteiger partial charge < -0.3 is 5.73 Å². The minimum atomic E-state index is -3.71. The zero-order valence-corrected chi connectivity index (χ0v) is 13.9. The third kappa shape index (κ3) is 4.45. The average molecular weight is 330 g/mol. The number of sulfonamides is 1. The molecule has 4 nitrogen and oxygen atoms in total. The van der Waals surface area contributed by atoms with Gasteiger partial charge in [0, 0.05) is 18.8 Å². The Morgan fingerprint density at radius 1 is 1.48 bits per heavy atom. The Morgan fingerprint density at radius 2 is 2.14 bits per heavy atom. The van der Waals surface area contributed by atoms with Crippen LogP contribution < -0.4 is 5.73 Å². The van der Waals surface area contributed by atoms with E-state index in [0.717, 1.165) is 6.07 Å². The molecule has 1 unspecified atom stereocenters. The Kier molecular flexibility index (Phi) is 6.68. The summed E-state index contributed by atoms with van der Waals surface area (Å²) in [6, 6.07) is 3.54. The molecule has 0 aromatic heterocycles. The summed E-state index contributed by atoms with van der Waals surface area (Å²) in [4.78, 5) is -0.0752. The molecule has 0 saturated carbocycles. The normalized spacial score (nSPS) is 12.9. The first-order valence-corrected chi connectivity index (χ1v) is 9.13. The summed E-state index contributed by atoms with van der Waals surface area (Å²) in [5.41, 5.74) is 5.36. The second kappa shape index (κ2) is 7.80. The first kappa shape index (κ1) is 18.0. The minimum absolute atomic E-state index is 0.0752. The molecule has 0 fully saturated rings. The van der Waals surface area contributed by atoms with Crippen LogP contribution in [-0.4, -0.2) is 44.4 Å². The van der Waals surface area contributed by atoms with E-state index in [1.165, 1.54) is 23.5 Å². The van der Waals surface area contributed by atoms with Gasteiger partial charge in [0.2, 0.25) is 10.0 Å². The lowest BCUT2D eigenvalue weighted by Crippen LogP contribution is -2.36. The van der Waals surface area contributed by atoms with Crippen molar-refractivity contribution in [3.05, 3.63) is 29.6 Å².